The lowest BCUT2D eigenvalue weighted by atomic mass is 10.2. The van der Waals surface area contributed by atoms with Crippen LogP contribution in [0.15, 0.2) is 12.2 Å². The lowest BCUT2D eigenvalue weighted by Gasteiger charge is -1.81. The number of hydrogen-bond donors (Lipinski definition) is 0. The molecular weight excluding hydrogens is 100 g/mol. The maximum absolute atomic E-state index is 10.7. The molecule has 44 valence electrons. The number of ketones is 1. The average molecular weight is 110 g/mol. The molecule has 0 heterocycles. The molecule has 0 spiro atoms. The Balaban J connectivity index is 2.33. The highest BCUT2D eigenvalue weighted by molar-refractivity contribution is 5.93. The molecule has 1 heteroatoms. The average Bonchev–Trinajstić information content (AvgIpc) is 2.45. The summed E-state index contributed by atoms with van der Waals surface area (Å²) in [4.78, 5) is 10.7. The van der Waals surface area contributed by atoms with E-state index in [2.05, 4.69) is 0 Å². The van der Waals surface area contributed by atoms with E-state index < -0.39 is 0 Å². The van der Waals surface area contributed by atoms with Gasteiger partial charge in [0.05, 0.1) is 0 Å². The summed E-state index contributed by atoms with van der Waals surface area (Å²) in [5.41, 5.74) is 0. The van der Waals surface area contributed by atoms with Crippen LogP contribution in [0.4, 0.5) is 0 Å². The molecule has 0 unspecified atom stereocenters. The van der Waals surface area contributed by atoms with E-state index in [1.54, 1.807) is 12.2 Å². The van der Waals surface area contributed by atoms with Crippen LogP contribution in [0.5, 0.6) is 0 Å². The van der Waals surface area contributed by atoms with Crippen molar-refractivity contribution >= 4 is 5.78 Å². The van der Waals surface area contributed by atoms with Crippen LogP contribution in [0.1, 0.15) is 19.8 Å². The van der Waals surface area contributed by atoms with Crippen molar-refractivity contribution in [1.29, 1.82) is 0 Å². The number of rotatable bonds is 2. The third kappa shape index (κ3) is 1.19. The number of allylic oxidation sites excluding steroid dienone is 2. The lowest BCUT2D eigenvalue weighted by molar-refractivity contribution is -0.115. The van der Waals surface area contributed by atoms with Crippen molar-refractivity contribution < 1.29 is 4.79 Å². The first-order chi connectivity index (χ1) is 3.84. The van der Waals surface area contributed by atoms with E-state index in [4.69, 9.17) is 0 Å². The predicted octanol–water partition coefficient (Wildman–Crippen LogP) is 1.54. The van der Waals surface area contributed by atoms with Crippen molar-refractivity contribution in [2.24, 2.45) is 5.92 Å². The number of carbonyl (C=O) groups is 1. The summed E-state index contributed by atoms with van der Waals surface area (Å²) in [6.45, 7) is 1.88. The SMILES string of the molecule is C/C=C\C(=O)C1CC1. The van der Waals surface area contributed by atoms with Gasteiger partial charge in [-0.3, -0.25) is 4.79 Å². The molecule has 1 saturated carbocycles. The number of carbonyl (C=O) groups excluding carboxylic acids is 1. The summed E-state index contributed by atoms with van der Waals surface area (Å²) >= 11 is 0. The minimum atomic E-state index is 0.313. The maximum Gasteiger partial charge on any atom is 0.158 e. The van der Waals surface area contributed by atoms with E-state index >= 15 is 0 Å². The van der Waals surface area contributed by atoms with Gasteiger partial charge < -0.3 is 0 Å². The van der Waals surface area contributed by atoms with Gasteiger partial charge in [0.15, 0.2) is 5.78 Å². The third-order valence-corrected chi connectivity index (χ3v) is 1.31. The first kappa shape index (κ1) is 5.54. The van der Waals surface area contributed by atoms with E-state index in [0.717, 1.165) is 12.8 Å². The normalized spacial score (nSPS) is 19.6. The molecule has 0 bridgehead atoms. The molecule has 8 heavy (non-hydrogen) atoms. The highest BCUT2D eigenvalue weighted by Gasteiger charge is 2.26. The van der Waals surface area contributed by atoms with Crippen molar-refractivity contribution in [3.8, 4) is 0 Å². The van der Waals surface area contributed by atoms with Crippen molar-refractivity contribution in [3.05, 3.63) is 12.2 Å². The van der Waals surface area contributed by atoms with Gasteiger partial charge in [-0.25, -0.2) is 0 Å². The molecule has 0 aromatic rings. The highest BCUT2D eigenvalue weighted by atomic mass is 16.1. The molecule has 0 saturated heterocycles. The van der Waals surface area contributed by atoms with E-state index in [0.29, 0.717) is 11.7 Å². The first-order valence-corrected chi connectivity index (χ1v) is 3.01. The minimum absolute atomic E-state index is 0.313. The van der Waals surface area contributed by atoms with E-state index in [9.17, 15) is 4.79 Å². The molecule has 0 amide bonds. The predicted molar refractivity (Wildman–Crippen MR) is 32.5 cm³/mol. The van der Waals surface area contributed by atoms with Crippen molar-refractivity contribution in [2.45, 2.75) is 19.8 Å². The fourth-order valence-electron chi connectivity index (χ4n) is 0.668. The Hall–Kier alpha value is -0.590. The van der Waals surface area contributed by atoms with Gasteiger partial charge in [-0.05, 0) is 25.8 Å². The summed E-state index contributed by atoms with van der Waals surface area (Å²) in [5, 5.41) is 0. The number of hydrogen-bond acceptors (Lipinski definition) is 1. The Bertz CT molecular complexity index is 120. The van der Waals surface area contributed by atoms with E-state index in [-0.39, 0.29) is 0 Å². The molecule has 0 aromatic heterocycles. The van der Waals surface area contributed by atoms with Crippen LogP contribution in [0.2, 0.25) is 0 Å². The minimum Gasteiger partial charge on any atom is -0.295 e. The summed E-state index contributed by atoms with van der Waals surface area (Å²) < 4.78 is 0. The van der Waals surface area contributed by atoms with Gasteiger partial charge >= 0.3 is 0 Å². The standard InChI is InChI=1S/C7H10O/c1-2-3-7(8)6-4-5-6/h2-3,6H,4-5H2,1H3/b3-2-. The third-order valence-electron chi connectivity index (χ3n) is 1.31. The Morgan fingerprint density at radius 3 is 2.62 bits per heavy atom. The molecular formula is C7H10O. The Labute approximate surface area is 49.4 Å². The molecule has 0 atom stereocenters. The van der Waals surface area contributed by atoms with Gasteiger partial charge in [-0.1, -0.05) is 6.08 Å². The Morgan fingerprint density at radius 2 is 2.25 bits per heavy atom. The smallest absolute Gasteiger partial charge is 0.158 e. The summed E-state index contributed by atoms with van der Waals surface area (Å²) in [5.74, 6) is 0.707. The maximum atomic E-state index is 10.7. The molecule has 1 fully saturated rings. The van der Waals surface area contributed by atoms with Gasteiger partial charge in [-0.15, -0.1) is 0 Å². The molecule has 1 aliphatic carbocycles. The fourth-order valence-corrected chi connectivity index (χ4v) is 0.668. The molecule has 0 aliphatic heterocycles. The van der Waals surface area contributed by atoms with Crippen LogP contribution in [0.3, 0.4) is 0 Å². The molecule has 1 aliphatic rings. The van der Waals surface area contributed by atoms with Crippen molar-refractivity contribution in [1.82, 2.24) is 0 Å². The van der Waals surface area contributed by atoms with E-state index in [1.165, 1.54) is 0 Å². The van der Waals surface area contributed by atoms with Crippen LogP contribution in [-0.2, 0) is 4.79 Å². The van der Waals surface area contributed by atoms with Crippen molar-refractivity contribution in [3.63, 3.8) is 0 Å². The van der Waals surface area contributed by atoms with Gasteiger partial charge in [0.2, 0.25) is 0 Å². The zero-order chi connectivity index (χ0) is 5.98. The van der Waals surface area contributed by atoms with Gasteiger partial charge in [0.1, 0.15) is 0 Å². The highest BCUT2D eigenvalue weighted by Crippen LogP contribution is 2.29. The summed E-state index contributed by atoms with van der Waals surface area (Å²) in [7, 11) is 0. The second-order valence-electron chi connectivity index (χ2n) is 2.18. The molecule has 0 radical (unpaired) electrons. The molecule has 0 N–H and O–H groups in total. The second kappa shape index (κ2) is 2.12. The van der Waals surface area contributed by atoms with Gasteiger partial charge in [0.25, 0.3) is 0 Å². The topological polar surface area (TPSA) is 17.1 Å². The first-order valence-electron chi connectivity index (χ1n) is 3.01. The second-order valence-corrected chi connectivity index (χ2v) is 2.18. The van der Waals surface area contributed by atoms with Crippen LogP contribution >= 0.6 is 0 Å². The monoisotopic (exact) mass is 110 g/mol. The lowest BCUT2D eigenvalue weighted by Crippen LogP contribution is -1.92. The zero-order valence-electron chi connectivity index (χ0n) is 5.05. The quantitative estimate of drug-likeness (QED) is 0.493. The fraction of sp³-hybridized carbons (Fsp3) is 0.571. The van der Waals surface area contributed by atoms with Crippen LogP contribution in [-0.4, -0.2) is 5.78 Å². The largest absolute Gasteiger partial charge is 0.295 e. The van der Waals surface area contributed by atoms with Gasteiger partial charge in [-0.2, -0.15) is 0 Å². The van der Waals surface area contributed by atoms with Crippen LogP contribution < -0.4 is 0 Å². The zero-order valence-corrected chi connectivity index (χ0v) is 5.05. The van der Waals surface area contributed by atoms with Crippen LogP contribution in [0, 0.1) is 5.92 Å². The summed E-state index contributed by atoms with van der Waals surface area (Å²) in [6.07, 6.45) is 5.70. The van der Waals surface area contributed by atoms with Gasteiger partial charge in [0, 0.05) is 5.92 Å². The van der Waals surface area contributed by atoms with Crippen LogP contribution in [0.25, 0.3) is 0 Å². The molecule has 1 nitrogen and oxygen atoms in total. The summed E-state index contributed by atoms with van der Waals surface area (Å²) in [6, 6.07) is 0. The Kier molecular flexibility index (Phi) is 1.47. The molecule has 1 rings (SSSR count). The van der Waals surface area contributed by atoms with Crippen molar-refractivity contribution in [2.75, 3.05) is 0 Å². The molecule has 0 aromatic carbocycles. The Morgan fingerprint density at radius 1 is 1.62 bits per heavy atom. The van der Waals surface area contributed by atoms with E-state index in [1.807, 2.05) is 6.92 Å².